The highest BCUT2D eigenvalue weighted by molar-refractivity contribution is 6.07. The van der Waals surface area contributed by atoms with Crippen LogP contribution in [0.25, 0.3) is 10.8 Å². The van der Waals surface area contributed by atoms with Crippen LogP contribution in [-0.2, 0) is 9.59 Å². The van der Waals surface area contributed by atoms with E-state index in [0.29, 0.717) is 6.54 Å². The summed E-state index contributed by atoms with van der Waals surface area (Å²) in [6.45, 7) is 2.66. The van der Waals surface area contributed by atoms with Crippen LogP contribution in [0.1, 0.15) is 44.1 Å². The van der Waals surface area contributed by atoms with Gasteiger partial charge in [-0.05, 0) is 43.0 Å². The number of amides is 2. The van der Waals surface area contributed by atoms with Gasteiger partial charge in [0.15, 0.2) is 0 Å². The molecule has 2 amide bonds. The number of carbonyl (C=O) groups excluding carboxylic acids is 2. The highest BCUT2D eigenvalue weighted by Crippen LogP contribution is 2.33. The fourth-order valence-electron chi connectivity index (χ4n) is 4.73. The van der Waals surface area contributed by atoms with Gasteiger partial charge < -0.3 is 10.2 Å². The number of hydrogen-bond donors (Lipinski definition) is 1. The first-order valence-electron chi connectivity index (χ1n) is 12.0. The Hall–Kier alpha value is -3.74. The molecule has 0 saturated carbocycles. The maximum Gasteiger partial charge on any atom is 0.243 e. The molecule has 7 heteroatoms. The van der Waals surface area contributed by atoms with Crippen molar-refractivity contribution < 1.29 is 9.59 Å². The van der Waals surface area contributed by atoms with Gasteiger partial charge >= 0.3 is 0 Å². The van der Waals surface area contributed by atoms with Gasteiger partial charge in [-0.1, -0.05) is 30.3 Å². The van der Waals surface area contributed by atoms with Gasteiger partial charge in [0.05, 0.1) is 17.9 Å². The van der Waals surface area contributed by atoms with Crippen molar-refractivity contribution in [3.8, 4) is 0 Å². The van der Waals surface area contributed by atoms with Gasteiger partial charge in [-0.25, -0.2) is 5.01 Å². The van der Waals surface area contributed by atoms with Crippen LogP contribution in [0.15, 0.2) is 66.0 Å². The summed E-state index contributed by atoms with van der Waals surface area (Å²) in [5.41, 5.74) is 3.86. The SMILES string of the molecule is O=C(CCC(=O)N1CCC(c2ccccc2)=N1)Nc1ccc(N2CCCCC2)c2ccncc12. The molecule has 0 unspecified atom stereocenters. The topological polar surface area (TPSA) is 77.9 Å². The Kier molecular flexibility index (Phi) is 6.51. The minimum absolute atomic E-state index is 0.112. The van der Waals surface area contributed by atoms with E-state index in [0.717, 1.165) is 47.2 Å². The summed E-state index contributed by atoms with van der Waals surface area (Å²) >= 11 is 0. The van der Waals surface area contributed by atoms with Gasteiger partial charge in [0.2, 0.25) is 11.8 Å². The van der Waals surface area contributed by atoms with Crippen molar-refractivity contribution in [2.45, 2.75) is 38.5 Å². The highest BCUT2D eigenvalue weighted by atomic mass is 16.2. The molecule has 0 atom stereocenters. The number of benzene rings is 2. The van der Waals surface area contributed by atoms with Crippen molar-refractivity contribution in [2.24, 2.45) is 5.10 Å². The average Bonchev–Trinajstić information content (AvgIpc) is 3.39. The lowest BCUT2D eigenvalue weighted by Gasteiger charge is -2.30. The molecule has 0 aliphatic carbocycles. The van der Waals surface area contributed by atoms with Crippen molar-refractivity contribution in [2.75, 3.05) is 29.9 Å². The van der Waals surface area contributed by atoms with Crippen molar-refractivity contribution >= 4 is 39.7 Å². The molecule has 5 rings (SSSR count). The molecule has 2 aromatic carbocycles. The number of nitrogens with zero attached hydrogens (tertiary/aromatic N) is 4. The summed E-state index contributed by atoms with van der Waals surface area (Å²) in [6.07, 6.45) is 8.23. The monoisotopic (exact) mass is 455 g/mol. The van der Waals surface area contributed by atoms with Gasteiger partial charge in [0, 0.05) is 61.2 Å². The lowest BCUT2D eigenvalue weighted by atomic mass is 10.0. The summed E-state index contributed by atoms with van der Waals surface area (Å²) in [5, 5.41) is 11.0. The predicted octanol–water partition coefficient (Wildman–Crippen LogP) is 4.58. The molecule has 0 radical (unpaired) electrons. The normalized spacial score (nSPS) is 15.9. The third-order valence-corrected chi connectivity index (χ3v) is 6.53. The van der Waals surface area contributed by atoms with Crippen LogP contribution in [0.3, 0.4) is 0 Å². The van der Waals surface area contributed by atoms with E-state index in [1.807, 2.05) is 42.5 Å². The zero-order valence-electron chi connectivity index (χ0n) is 19.2. The number of hydrogen-bond acceptors (Lipinski definition) is 5. The molecule has 7 nitrogen and oxygen atoms in total. The molecule has 34 heavy (non-hydrogen) atoms. The van der Waals surface area contributed by atoms with Crippen LogP contribution in [0.2, 0.25) is 0 Å². The second kappa shape index (κ2) is 10.0. The highest BCUT2D eigenvalue weighted by Gasteiger charge is 2.22. The minimum atomic E-state index is -0.185. The maximum absolute atomic E-state index is 12.7. The maximum atomic E-state index is 12.7. The van der Waals surface area contributed by atoms with E-state index in [1.165, 1.54) is 30.0 Å². The molecule has 0 spiro atoms. The Labute approximate surface area is 199 Å². The van der Waals surface area contributed by atoms with Crippen molar-refractivity contribution in [1.82, 2.24) is 9.99 Å². The van der Waals surface area contributed by atoms with Crippen LogP contribution in [-0.4, -0.2) is 47.2 Å². The number of nitrogens with one attached hydrogen (secondary N) is 1. The summed E-state index contributed by atoms with van der Waals surface area (Å²) in [6, 6.07) is 15.9. The summed E-state index contributed by atoms with van der Waals surface area (Å²) in [4.78, 5) is 32.0. The minimum Gasteiger partial charge on any atom is -0.371 e. The molecule has 1 aromatic heterocycles. The van der Waals surface area contributed by atoms with Crippen molar-refractivity contribution in [3.05, 3.63) is 66.5 Å². The van der Waals surface area contributed by atoms with Gasteiger partial charge in [-0.3, -0.25) is 14.6 Å². The molecular formula is C27H29N5O2. The lowest BCUT2D eigenvalue weighted by Crippen LogP contribution is -2.29. The smallest absolute Gasteiger partial charge is 0.243 e. The van der Waals surface area contributed by atoms with Crippen molar-refractivity contribution in [1.29, 1.82) is 0 Å². The van der Waals surface area contributed by atoms with Crippen molar-refractivity contribution in [3.63, 3.8) is 0 Å². The number of aromatic nitrogens is 1. The molecular weight excluding hydrogens is 426 g/mol. The number of fused-ring (bicyclic) bond motifs is 1. The van der Waals surface area contributed by atoms with E-state index in [4.69, 9.17) is 0 Å². The Morgan fingerprint density at radius 1 is 0.882 bits per heavy atom. The first-order chi connectivity index (χ1) is 16.7. The fourth-order valence-corrected chi connectivity index (χ4v) is 4.73. The number of hydrazone groups is 1. The number of rotatable bonds is 6. The van der Waals surface area contributed by atoms with E-state index >= 15 is 0 Å². The zero-order chi connectivity index (χ0) is 23.3. The molecule has 3 heterocycles. The van der Waals surface area contributed by atoms with Crippen LogP contribution >= 0.6 is 0 Å². The third kappa shape index (κ3) is 4.78. The Bertz CT molecular complexity index is 1220. The summed E-state index contributed by atoms with van der Waals surface area (Å²) in [5.74, 6) is -0.316. The van der Waals surface area contributed by atoms with Gasteiger partial charge in [-0.2, -0.15) is 5.10 Å². The number of carbonyl (C=O) groups is 2. The van der Waals surface area contributed by atoms with Crippen LogP contribution in [0, 0.1) is 0 Å². The number of piperidine rings is 1. The molecule has 174 valence electrons. The van der Waals surface area contributed by atoms with Crippen LogP contribution in [0.5, 0.6) is 0 Å². The molecule has 0 bridgehead atoms. The third-order valence-electron chi connectivity index (χ3n) is 6.53. The molecule has 1 fully saturated rings. The van der Waals surface area contributed by atoms with E-state index in [2.05, 4.69) is 26.4 Å². The quantitative estimate of drug-likeness (QED) is 0.590. The zero-order valence-corrected chi connectivity index (χ0v) is 19.2. The second-order valence-corrected chi connectivity index (χ2v) is 8.83. The van der Waals surface area contributed by atoms with E-state index in [9.17, 15) is 9.59 Å². The Morgan fingerprint density at radius 3 is 2.53 bits per heavy atom. The first kappa shape index (κ1) is 22.1. The number of anilines is 2. The lowest BCUT2D eigenvalue weighted by molar-refractivity contribution is -0.132. The Balaban J connectivity index is 1.22. The molecule has 3 aromatic rings. The van der Waals surface area contributed by atoms with Crippen LogP contribution < -0.4 is 10.2 Å². The molecule has 2 aliphatic heterocycles. The summed E-state index contributed by atoms with van der Waals surface area (Å²) < 4.78 is 0. The fraction of sp³-hybridized carbons (Fsp3) is 0.333. The molecule has 2 aliphatic rings. The van der Waals surface area contributed by atoms with Crippen LogP contribution in [0.4, 0.5) is 11.4 Å². The standard InChI is InChI=1S/C27H29N5O2/c33-26(11-12-27(34)32-18-14-23(30-32)20-7-3-1-4-8-20)29-24-9-10-25(31-16-5-2-6-17-31)21-13-15-28-19-22(21)24/h1,3-4,7-10,13,15,19H,2,5-6,11-12,14,16-18H2,(H,29,33). The van der Waals surface area contributed by atoms with Gasteiger partial charge in [-0.15, -0.1) is 0 Å². The number of pyridine rings is 1. The predicted molar refractivity (Wildman–Crippen MR) is 135 cm³/mol. The summed E-state index contributed by atoms with van der Waals surface area (Å²) in [7, 11) is 0. The molecule has 1 saturated heterocycles. The van der Waals surface area contributed by atoms with E-state index in [-0.39, 0.29) is 24.7 Å². The molecule has 1 N–H and O–H groups in total. The average molecular weight is 456 g/mol. The first-order valence-corrected chi connectivity index (χ1v) is 12.0. The Morgan fingerprint density at radius 2 is 1.71 bits per heavy atom. The van der Waals surface area contributed by atoms with E-state index in [1.54, 1.807) is 12.4 Å². The second-order valence-electron chi connectivity index (χ2n) is 8.83. The van der Waals surface area contributed by atoms with Gasteiger partial charge in [0.25, 0.3) is 0 Å². The van der Waals surface area contributed by atoms with Gasteiger partial charge in [0.1, 0.15) is 0 Å². The largest absolute Gasteiger partial charge is 0.371 e. The van der Waals surface area contributed by atoms with E-state index < -0.39 is 0 Å².